The SMILES string of the molecule is CC1=NC(O)c2n[nH]nc2N1. The Kier molecular flexibility index (Phi) is 1.16. The Hall–Kier alpha value is -1.43. The second kappa shape index (κ2) is 2.03. The van der Waals surface area contributed by atoms with Crippen molar-refractivity contribution in [2.45, 2.75) is 13.2 Å². The van der Waals surface area contributed by atoms with Crippen molar-refractivity contribution in [2.75, 3.05) is 5.32 Å². The molecule has 1 atom stereocenters. The lowest BCUT2D eigenvalue weighted by atomic mass is 10.3. The van der Waals surface area contributed by atoms with E-state index in [4.69, 9.17) is 0 Å². The molecule has 0 amide bonds. The van der Waals surface area contributed by atoms with Crippen molar-refractivity contribution < 1.29 is 5.11 Å². The third kappa shape index (κ3) is 0.874. The van der Waals surface area contributed by atoms with Gasteiger partial charge in [0, 0.05) is 0 Å². The number of H-pyrrole nitrogens is 1. The van der Waals surface area contributed by atoms with E-state index in [0.717, 1.165) is 0 Å². The van der Waals surface area contributed by atoms with Crippen LogP contribution in [0.2, 0.25) is 0 Å². The first-order chi connectivity index (χ1) is 5.27. The van der Waals surface area contributed by atoms with E-state index in [1.54, 1.807) is 6.92 Å². The number of hydrogen-bond donors (Lipinski definition) is 3. The third-order valence-electron chi connectivity index (χ3n) is 1.43. The molecule has 1 aromatic heterocycles. The highest BCUT2D eigenvalue weighted by Crippen LogP contribution is 2.22. The average molecular weight is 153 g/mol. The molecule has 0 aliphatic carbocycles. The van der Waals surface area contributed by atoms with Crippen molar-refractivity contribution in [1.82, 2.24) is 15.4 Å². The summed E-state index contributed by atoms with van der Waals surface area (Å²) < 4.78 is 0. The van der Waals surface area contributed by atoms with Gasteiger partial charge in [0.2, 0.25) is 0 Å². The van der Waals surface area contributed by atoms with Gasteiger partial charge in [-0.15, -0.1) is 5.10 Å². The van der Waals surface area contributed by atoms with Gasteiger partial charge in [-0.3, -0.25) is 0 Å². The number of aliphatic hydroxyl groups excluding tert-OH is 1. The number of aromatic amines is 1. The number of hydrogen-bond acceptors (Lipinski definition) is 5. The number of aliphatic imine (C=N–C) groups is 1. The van der Waals surface area contributed by atoms with E-state index in [-0.39, 0.29) is 0 Å². The number of rotatable bonds is 0. The Morgan fingerprint density at radius 2 is 2.27 bits per heavy atom. The van der Waals surface area contributed by atoms with Crippen molar-refractivity contribution in [3.8, 4) is 0 Å². The van der Waals surface area contributed by atoms with E-state index in [2.05, 4.69) is 25.7 Å². The van der Waals surface area contributed by atoms with Gasteiger partial charge in [-0.2, -0.15) is 10.3 Å². The van der Waals surface area contributed by atoms with Crippen LogP contribution in [0.25, 0.3) is 0 Å². The highest BCUT2D eigenvalue weighted by Gasteiger charge is 2.20. The van der Waals surface area contributed by atoms with Gasteiger partial charge < -0.3 is 10.4 Å². The minimum atomic E-state index is -0.884. The standard InChI is InChI=1S/C5H7N5O/c1-2-6-4-3(5(11)7-2)8-10-9-4/h5,11H,1H3,(H2,6,7,8,9,10). The lowest BCUT2D eigenvalue weighted by Gasteiger charge is -2.12. The maximum Gasteiger partial charge on any atom is 0.196 e. The summed E-state index contributed by atoms with van der Waals surface area (Å²) in [6.45, 7) is 1.75. The van der Waals surface area contributed by atoms with Gasteiger partial charge in [-0.25, -0.2) is 4.99 Å². The fourth-order valence-corrected chi connectivity index (χ4v) is 0.959. The maximum absolute atomic E-state index is 9.27. The van der Waals surface area contributed by atoms with Crippen molar-refractivity contribution in [3.05, 3.63) is 5.69 Å². The zero-order valence-corrected chi connectivity index (χ0v) is 5.87. The summed E-state index contributed by atoms with van der Waals surface area (Å²) in [5.41, 5.74) is 0.440. The van der Waals surface area contributed by atoms with Crippen LogP contribution < -0.4 is 5.32 Å². The molecule has 3 N–H and O–H groups in total. The van der Waals surface area contributed by atoms with Crippen LogP contribution in [0.15, 0.2) is 4.99 Å². The summed E-state index contributed by atoms with van der Waals surface area (Å²) in [4.78, 5) is 3.83. The van der Waals surface area contributed by atoms with Crippen LogP contribution in [-0.4, -0.2) is 26.4 Å². The number of fused-ring (bicyclic) bond motifs is 1. The molecule has 0 fully saturated rings. The topological polar surface area (TPSA) is 86.2 Å². The molecule has 11 heavy (non-hydrogen) atoms. The molecule has 1 aliphatic heterocycles. The van der Waals surface area contributed by atoms with Crippen LogP contribution in [0, 0.1) is 0 Å². The molecule has 6 heteroatoms. The van der Waals surface area contributed by atoms with Crippen LogP contribution in [0.5, 0.6) is 0 Å². The second-order valence-electron chi connectivity index (χ2n) is 2.27. The summed E-state index contributed by atoms with van der Waals surface area (Å²) in [6.07, 6.45) is -0.884. The summed E-state index contributed by atoms with van der Waals surface area (Å²) >= 11 is 0. The minimum absolute atomic E-state index is 0.440. The molecular weight excluding hydrogens is 146 g/mol. The molecule has 6 nitrogen and oxygen atoms in total. The first-order valence-electron chi connectivity index (χ1n) is 3.17. The molecule has 0 saturated carbocycles. The molecule has 0 bridgehead atoms. The Labute approximate surface area is 62.3 Å². The molecule has 0 spiro atoms. The predicted molar refractivity (Wildman–Crippen MR) is 38.1 cm³/mol. The van der Waals surface area contributed by atoms with E-state index < -0.39 is 6.23 Å². The molecule has 0 aromatic carbocycles. The lowest BCUT2D eigenvalue weighted by molar-refractivity contribution is 0.183. The number of nitrogens with zero attached hydrogens (tertiary/aromatic N) is 3. The van der Waals surface area contributed by atoms with Crippen LogP contribution in [-0.2, 0) is 0 Å². The summed E-state index contributed by atoms with van der Waals surface area (Å²) in [5, 5.41) is 22.0. The van der Waals surface area contributed by atoms with Crippen LogP contribution >= 0.6 is 0 Å². The summed E-state index contributed by atoms with van der Waals surface area (Å²) in [5.74, 6) is 1.18. The highest BCUT2D eigenvalue weighted by atomic mass is 16.3. The molecule has 2 heterocycles. The van der Waals surface area contributed by atoms with Crippen molar-refractivity contribution >= 4 is 11.7 Å². The van der Waals surface area contributed by atoms with Crippen LogP contribution in [0.1, 0.15) is 18.8 Å². The van der Waals surface area contributed by atoms with Crippen molar-refractivity contribution in [2.24, 2.45) is 4.99 Å². The molecule has 0 radical (unpaired) electrons. The third-order valence-corrected chi connectivity index (χ3v) is 1.43. The van der Waals surface area contributed by atoms with Gasteiger partial charge in [0.25, 0.3) is 0 Å². The molecule has 2 rings (SSSR count). The first kappa shape index (κ1) is 6.29. The molecule has 1 aromatic rings. The monoisotopic (exact) mass is 153 g/mol. The Balaban J connectivity index is 2.45. The van der Waals surface area contributed by atoms with E-state index in [1.807, 2.05) is 0 Å². The number of nitrogens with one attached hydrogen (secondary N) is 2. The Morgan fingerprint density at radius 3 is 3.09 bits per heavy atom. The first-order valence-corrected chi connectivity index (χ1v) is 3.17. The van der Waals surface area contributed by atoms with Gasteiger partial charge in [0.05, 0.1) is 0 Å². The van der Waals surface area contributed by atoms with Gasteiger partial charge in [-0.05, 0) is 6.92 Å². The fraction of sp³-hybridized carbons (Fsp3) is 0.400. The predicted octanol–water partition coefficient (Wildman–Crippen LogP) is -0.361. The van der Waals surface area contributed by atoms with E-state index in [9.17, 15) is 5.11 Å². The summed E-state index contributed by atoms with van der Waals surface area (Å²) in [6, 6.07) is 0. The normalized spacial score (nSPS) is 22.0. The van der Waals surface area contributed by atoms with E-state index >= 15 is 0 Å². The van der Waals surface area contributed by atoms with Gasteiger partial charge in [0.15, 0.2) is 17.7 Å². The number of anilines is 1. The highest BCUT2D eigenvalue weighted by molar-refractivity contribution is 5.94. The number of aliphatic hydroxyl groups is 1. The largest absolute Gasteiger partial charge is 0.366 e. The van der Waals surface area contributed by atoms with E-state index in [1.165, 1.54) is 0 Å². The smallest absolute Gasteiger partial charge is 0.196 e. The molecule has 0 saturated heterocycles. The molecule has 1 aliphatic rings. The second-order valence-corrected chi connectivity index (χ2v) is 2.27. The zero-order valence-electron chi connectivity index (χ0n) is 5.87. The molecule has 1 unspecified atom stereocenters. The van der Waals surface area contributed by atoms with Crippen LogP contribution in [0.3, 0.4) is 0 Å². The fourth-order valence-electron chi connectivity index (χ4n) is 0.959. The zero-order chi connectivity index (χ0) is 7.84. The average Bonchev–Trinajstić information content (AvgIpc) is 2.34. The van der Waals surface area contributed by atoms with E-state index in [0.29, 0.717) is 17.3 Å². The Morgan fingerprint density at radius 1 is 1.45 bits per heavy atom. The van der Waals surface area contributed by atoms with Crippen molar-refractivity contribution in [1.29, 1.82) is 0 Å². The quantitative estimate of drug-likeness (QED) is 0.475. The molecule has 58 valence electrons. The molecular formula is C5H7N5O. The van der Waals surface area contributed by atoms with Crippen LogP contribution in [0.4, 0.5) is 5.82 Å². The maximum atomic E-state index is 9.27. The van der Waals surface area contributed by atoms with Gasteiger partial charge in [0.1, 0.15) is 5.84 Å². The minimum Gasteiger partial charge on any atom is -0.366 e. The lowest BCUT2D eigenvalue weighted by Crippen LogP contribution is -2.17. The van der Waals surface area contributed by atoms with Gasteiger partial charge in [-0.1, -0.05) is 0 Å². The Bertz CT molecular complexity index is 304. The van der Waals surface area contributed by atoms with Crippen molar-refractivity contribution in [3.63, 3.8) is 0 Å². The number of amidine groups is 1. The van der Waals surface area contributed by atoms with Gasteiger partial charge >= 0.3 is 0 Å². The summed E-state index contributed by atoms with van der Waals surface area (Å²) in [7, 11) is 0. The number of aromatic nitrogens is 3.